The van der Waals surface area contributed by atoms with Gasteiger partial charge in [-0.3, -0.25) is 5.32 Å². The van der Waals surface area contributed by atoms with Gasteiger partial charge in [0.1, 0.15) is 0 Å². The molecule has 4 rings (SSSR count). The van der Waals surface area contributed by atoms with Gasteiger partial charge >= 0.3 is 6.09 Å². The number of hydrogen-bond acceptors (Lipinski definition) is 4. The second-order valence-corrected chi connectivity index (χ2v) is 8.86. The first-order chi connectivity index (χ1) is 15.4. The molecule has 0 saturated heterocycles. The number of benzene rings is 3. The van der Waals surface area contributed by atoms with Crippen molar-refractivity contribution >= 4 is 17.7 Å². The van der Waals surface area contributed by atoms with Crippen molar-refractivity contribution in [3.63, 3.8) is 0 Å². The molecule has 5 nitrogen and oxygen atoms in total. The Morgan fingerprint density at radius 1 is 0.938 bits per heavy atom. The Hall–Kier alpha value is -3.60. The van der Waals surface area contributed by atoms with Crippen molar-refractivity contribution in [2.45, 2.75) is 38.4 Å². The van der Waals surface area contributed by atoms with E-state index in [1.54, 1.807) is 0 Å². The molecule has 2 atom stereocenters. The third-order valence-electron chi connectivity index (χ3n) is 5.40. The largest absolute Gasteiger partial charge is 0.465 e. The minimum atomic E-state index is -0.543. The molecule has 1 N–H and O–H groups in total. The maximum Gasteiger partial charge on any atom is 0.412 e. The van der Waals surface area contributed by atoms with Gasteiger partial charge in [0.15, 0.2) is 12.2 Å². The van der Waals surface area contributed by atoms with Crippen molar-refractivity contribution in [2.75, 3.05) is 11.9 Å². The van der Waals surface area contributed by atoms with Gasteiger partial charge in [-0.2, -0.15) is 0 Å². The fourth-order valence-electron chi connectivity index (χ4n) is 3.60. The first-order valence-corrected chi connectivity index (χ1v) is 10.8. The normalized spacial score (nSPS) is 18.3. The summed E-state index contributed by atoms with van der Waals surface area (Å²) in [5.41, 5.74) is 3.84. The highest BCUT2D eigenvalue weighted by atomic mass is 16.6. The van der Waals surface area contributed by atoms with E-state index >= 15 is 0 Å². The smallest absolute Gasteiger partial charge is 0.412 e. The molecule has 0 bridgehead atoms. The quantitative estimate of drug-likeness (QED) is 0.545. The van der Waals surface area contributed by atoms with Crippen molar-refractivity contribution in [3.8, 4) is 0 Å². The summed E-state index contributed by atoms with van der Waals surface area (Å²) in [7, 11) is 0. The van der Waals surface area contributed by atoms with E-state index in [0.717, 1.165) is 11.1 Å². The maximum atomic E-state index is 12.5. The van der Waals surface area contributed by atoms with Crippen molar-refractivity contribution < 1.29 is 14.3 Å². The average Bonchev–Trinajstić information content (AvgIpc) is 2.80. The summed E-state index contributed by atoms with van der Waals surface area (Å²) in [6.45, 7) is 6.87. The number of nitrogens with zero attached hydrogens (tertiary/aromatic N) is 1. The summed E-state index contributed by atoms with van der Waals surface area (Å²) >= 11 is 0. The van der Waals surface area contributed by atoms with Crippen LogP contribution in [0.25, 0.3) is 0 Å². The molecule has 0 radical (unpaired) electrons. The molecule has 1 aliphatic heterocycles. The molecule has 5 heteroatoms. The summed E-state index contributed by atoms with van der Waals surface area (Å²) in [4.78, 5) is 17.1. The van der Waals surface area contributed by atoms with E-state index in [4.69, 9.17) is 9.47 Å². The SMILES string of the molecule is CC(C)(C)c1ccc(C2=NCC(OC(=O)Nc3ccccc3)C(c3ccccc3)O2)cc1. The second kappa shape index (κ2) is 9.27. The number of aliphatic imine (C=N–C) groups is 1. The summed E-state index contributed by atoms with van der Waals surface area (Å²) in [5, 5.41) is 2.76. The van der Waals surface area contributed by atoms with Crippen LogP contribution in [0.2, 0.25) is 0 Å². The van der Waals surface area contributed by atoms with Crippen LogP contribution in [-0.4, -0.2) is 24.6 Å². The third kappa shape index (κ3) is 5.17. The highest BCUT2D eigenvalue weighted by Gasteiger charge is 2.33. The predicted molar refractivity (Wildman–Crippen MR) is 127 cm³/mol. The molecule has 164 valence electrons. The Morgan fingerprint density at radius 3 is 2.19 bits per heavy atom. The number of ether oxygens (including phenoxy) is 2. The Balaban J connectivity index is 1.54. The number of amides is 1. The molecule has 0 aromatic heterocycles. The zero-order valence-electron chi connectivity index (χ0n) is 18.6. The van der Waals surface area contributed by atoms with Crippen LogP contribution in [0.5, 0.6) is 0 Å². The first-order valence-electron chi connectivity index (χ1n) is 10.8. The van der Waals surface area contributed by atoms with E-state index in [2.05, 4.69) is 43.2 Å². The zero-order valence-corrected chi connectivity index (χ0v) is 18.6. The molecule has 1 heterocycles. The molecule has 32 heavy (non-hydrogen) atoms. The van der Waals surface area contributed by atoms with E-state index in [1.807, 2.05) is 72.8 Å². The first kappa shape index (κ1) is 21.6. The van der Waals surface area contributed by atoms with Gasteiger partial charge in [0, 0.05) is 11.3 Å². The third-order valence-corrected chi connectivity index (χ3v) is 5.40. The topological polar surface area (TPSA) is 59.9 Å². The van der Waals surface area contributed by atoms with Gasteiger partial charge in [-0.15, -0.1) is 0 Å². The molecule has 2 unspecified atom stereocenters. The molecule has 1 aliphatic rings. The molecule has 0 fully saturated rings. The highest BCUT2D eigenvalue weighted by molar-refractivity contribution is 5.95. The van der Waals surface area contributed by atoms with Gasteiger partial charge in [0.25, 0.3) is 0 Å². The Labute approximate surface area is 189 Å². The van der Waals surface area contributed by atoms with Crippen LogP contribution in [0.3, 0.4) is 0 Å². The lowest BCUT2D eigenvalue weighted by molar-refractivity contribution is 0.00996. The highest BCUT2D eigenvalue weighted by Crippen LogP contribution is 2.30. The summed E-state index contributed by atoms with van der Waals surface area (Å²) in [5.74, 6) is 0.558. The lowest BCUT2D eigenvalue weighted by Gasteiger charge is -2.31. The van der Waals surface area contributed by atoms with Crippen LogP contribution in [-0.2, 0) is 14.9 Å². The molecular weight excluding hydrogens is 400 g/mol. The van der Waals surface area contributed by atoms with Gasteiger partial charge in [0.05, 0.1) is 6.54 Å². The van der Waals surface area contributed by atoms with Gasteiger partial charge < -0.3 is 9.47 Å². The zero-order chi connectivity index (χ0) is 22.6. The number of carbonyl (C=O) groups is 1. The molecule has 3 aromatic carbocycles. The molecule has 3 aromatic rings. The van der Waals surface area contributed by atoms with E-state index in [-0.39, 0.29) is 5.41 Å². The summed E-state index contributed by atoms with van der Waals surface area (Å²) in [6.07, 6.45) is -1.52. The van der Waals surface area contributed by atoms with Gasteiger partial charge in [-0.1, -0.05) is 81.4 Å². The summed E-state index contributed by atoms with van der Waals surface area (Å²) in [6, 6.07) is 27.3. The van der Waals surface area contributed by atoms with Crippen LogP contribution in [0.15, 0.2) is 89.9 Å². The van der Waals surface area contributed by atoms with Gasteiger partial charge in [-0.25, -0.2) is 9.79 Å². The average molecular weight is 429 g/mol. The minimum Gasteiger partial charge on any atom is -0.465 e. The van der Waals surface area contributed by atoms with Crippen LogP contribution >= 0.6 is 0 Å². The number of carbonyl (C=O) groups excluding carboxylic acids is 1. The van der Waals surface area contributed by atoms with E-state index in [1.165, 1.54) is 5.56 Å². The number of para-hydroxylation sites is 1. The van der Waals surface area contributed by atoms with Crippen LogP contribution in [0, 0.1) is 0 Å². The van der Waals surface area contributed by atoms with E-state index < -0.39 is 18.3 Å². The Bertz CT molecular complexity index is 1070. The Kier molecular flexibility index (Phi) is 6.26. The lowest BCUT2D eigenvalue weighted by Crippen LogP contribution is -2.37. The van der Waals surface area contributed by atoms with Crippen LogP contribution in [0.4, 0.5) is 10.5 Å². The number of hydrogen-bond donors (Lipinski definition) is 1. The van der Waals surface area contributed by atoms with Crippen molar-refractivity contribution in [3.05, 3.63) is 102 Å². The van der Waals surface area contributed by atoms with Crippen LogP contribution < -0.4 is 5.32 Å². The number of anilines is 1. The summed E-state index contributed by atoms with van der Waals surface area (Å²) < 4.78 is 12.0. The fourth-order valence-corrected chi connectivity index (χ4v) is 3.60. The molecule has 0 spiro atoms. The molecular formula is C27H28N2O3. The second-order valence-electron chi connectivity index (χ2n) is 8.86. The molecule has 0 saturated carbocycles. The number of rotatable bonds is 4. The van der Waals surface area contributed by atoms with Gasteiger partial charge in [0.2, 0.25) is 5.90 Å². The van der Waals surface area contributed by atoms with Crippen molar-refractivity contribution in [2.24, 2.45) is 4.99 Å². The van der Waals surface area contributed by atoms with Crippen molar-refractivity contribution in [1.29, 1.82) is 0 Å². The van der Waals surface area contributed by atoms with Gasteiger partial charge in [-0.05, 0) is 40.8 Å². The maximum absolute atomic E-state index is 12.5. The fraction of sp³-hybridized carbons (Fsp3) is 0.259. The lowest BCUT2D eigenvalue weighted by atomic mass is 9.86. The molecule has 1 amide bonds. The minimum absolute atomic E-state index is 0.0748. The van der Waals surface area contributed by atoms with Crippen LogP contribution in [0.1, 0.15) is 43.6 Å². The standard InChI is InChI=1S/C27H28N2O3/c1-27(2,3)21-16-14-20(15-17-21)25-28-18-23(24(32-25)19-10-6-4-7-11-19)31-26(30)29-22-12-8-5-9-13-22/h4-17,23-24H,18H2,1-3H3,(H,29,30). The van der Waals surface area contributed by atoms with E-state index in [9.17, 15) is 4.79 Å². The molecule has 0 aliphatic carbocycles. The monoisotopic (exact) mass is 428 g/mol. The van der Waals surface area contributed by atoms with Crippen molar-refractivity contribution in [1.82, 2.24) is 0 Å². The Morgan fingerprint density at radius 2 is 1.56 bits per heavy atom. The predicted octanol–water partition coefficient (Wildman–Crippen LogP) is 6.12. The number of nitrogens with one attached hydrogen (secondary N) is 1. The van der Waals surface area contributed by atoms with E-state index in [0.29, 0.717) is 18.1 Å².